The SMILES string of the molecule is NC[C@H](c1ccc(C(F)(F)F)cc1)N1CCCCC1. The van der Waals surface area contributed by atoms with Crippen LogP contribution in [0.2, 0.25) is 0 Å². The second-order valence-corrected chi connectivity index (χ2v) is 4.97. The fourth-order valence-electron chi connectivity index (χ4n) is 2.62. The van der Waals surface area contributed by atoms with Crippen molar-refractivity contribution in [1.82, 2.24) is 4.90 Å². The Hall–Kier alpha value is -1.07. The van der Waals surface area contributed by atoms with Crippen LogP contribution in [0.15, 0.2) is 24.3 Å². The summed E-state index contributed by atoms with van der Waals surface area (Å²) in [6.07, 6.45) is -0.781. The molecule has 1 aliphatic heterocycles. The van der Waals surface area contributed by atoms with Crippen molar-refractivity contribution < 1.29 is 13.2 Å². The zero-order chi connectivity index (χ0) is 13.9. The summed E-state index contributed by atoms with van der Waals surface area (Å²) in [5.74, 6) is 0. The van der Waals surface area contributed by atoms with Crippen LogP contribution in [0.5, 0.6) is 0 Å². The average molecular weight is 272 g/mol. The van der Waals surface area contributed by atoms with Gasteiger partial charge in [-0.05, 0) is 43.6 Å². The molecule has 0 aromatic heterocycles. The summed E-state index contributed by atoms with van der Waals surface area (Å²) in [6.45, 7) is 2.39. The normalized spacial score (nSPS) is 19.4. The maximum atomic E-state index is 12.5. The molecule has 1 saturated heterocycles. The van der Waals surface area contributed by atoms with Crippen molar-refractivity contribution in [3.63, 3.8) is 0 Å². The first kappa shape index (κ1) is 14.3. The highest BCUT2D eigenvalue weighted by atomic mass is 19.4. The number of rotatable bonds is 3. The van der Waals surface area contributed by atoms with E-state index < -0.39 is 11.7 Å². The van der Waals surface area contributed by atoms with Gasteiger partial charge in [0.1, 0.15) is 0 Å². The van der Waals surface area contributed by atoms with Gasteiger partial charge in [-0.3, -0.25) is 4.90 Å². The summed E-state index contributed by atoms with van der Waals surface area (Å²) >= 11 is 0. The van der Waals surface area contributed by atoms with Gasteiger partial charge in [-0.15, -0.1) is 0 Å². The van der Waals surface area contributed by atoms with Gasteiger partial charge in [0, 0.05) is 12.6 Å². The number of alkyl halides is 3. The smallest absolute Gasteiger partial charge is 0.329 e. The predicted molar refractivity (Wildman–Crippen MR) is 68.7 cm³/mol. The van der Waals surface area contributed by atoms with Crippen molar-refractivity contribution in [2.75, 3.05) is 19.6 Å². The highest BCUT2D eigenvalue weighted by molar-refractivity contribution is 5.27. The van der Waals surface area contributed by atoms with Crippen LogP contribution in [0.4, 0.5) is 13.2 Å². The maximum Gasteiger partial charge on any atom is 0.416 e. The van der Waals surface area contributed by atoms with Gasteiger partial charge in [0.15, 0.2) is 0 Å². The average Bonchev–Trinajstić information content (AvgIpc) is 2.40. The Labute approximate surface area is 111 Å². The maximum absolute atomic E-state index is 12.5. The first-order valence-corrected chi connectivity index (χ1v) is 6.63. The van der Waals surface area contributed by atoms with E-state index in [1.165, 1.54) is 6.42 Å². The highest BCUT2D eigenvalue weighted by Crippen LogP contribution is 2.31. The molecule has 0 bridgehead atoms. The molecular formula is C14H19F3N2. The second kappa shape index (κ2) is 5.92. The van der Waals surface area contributed by atoms with E-state index in [1.54, 1.807) is 12.1 Å². The van der Waals surface area contributed by atoms with E-state index in [0.29, 0.717) is 6.54 Å². The lowest BCUT2D eigenvalue weighted by Gasteiger charge is -2.34. The third-order valence-electron chi connectivity index (χ3n) is 3.68. The third kappa shape index (κ3) is 3.48. The molecule has 1 fully saturated rings. The third-order valence-corrected chi connectivity index (χ3v) is 3.68. The number of nitrogens with zero attached hydrogens (tertiary/aromatic N) is 1. The van der Waals surface area contributed by atoms with Gasteiger partial charge in [-0.2, -0.15) is 13.2 Å². The van der Waals surface area contributed by atoms with Gasteiger partial charge in [-0.25, -0.2) is 0 Å². The molecule has 1 aliphatic rings. The van der Waals surface area contributed by atoms with E-state index >= 15 is 0 Å². The Morgan fingerprint density at radius 3 is 2.11 bits per heavy atom. The summed E-state index contributed by atoms with van der Waals surface area (Å²) in [6, 6.07) is 5.41. The first-order valence-electron chi connectivity index (χ1n) is 6.63. The fraction of sp³-hybridized carbons (Fsp3) is 0.571. The van der Waals surface area contributed by atoms with Crippen molar-refractivity contribution in [2.24, 2.45) is 5.73 Å². The fourth-order valence-corrected chi connectivity index (χ4v) is 2.62. The first-order chi connectivity index (χ1) is 9.02. The van der Waals surface area contributed by atoms with Crippen LogP contribution in [0, 0.1) is 0 Å². The van der Waals surface area contributed by atoms with Gasteiger partial charge >= 0.3 is 6.18 Å². The zero-order valence-electron chi connectivity index (χ0n) is 10.8. The molecule has 2 nitrogen and oxygen atoms in total. The van der Waals surface area contributed by atoms with Gasteiger partial charge in [0.2, 0.25) is 0 Å². The van der Waals surface area contributed by atoms with E-state index in [-0.39, 0.29) is 6.04 Å². The number of likely N-dealkylation sites (tertiary alicyclic amines) is 1. The van der Waals surface area contributed by atoms with Crippen LogP contribution >= 0.6 is 0 Å². The molecule has 0 unspecified atom stereocenters. The number of piperidine rings is 1. The van der Waals surface area contributed by atoms with Gasteiger partial charge in [0.25, 0.3) is 0 Å². The van der Waals surface area contributed by atoms with Crippen molar-refractivity contribution >= 4 is 0 Å². The molecule has 106 valence electrons. The summed E-state index contributed by atoms with van der Waals surface area (Å²) in [7, 11) is 0. The molecule has 5 heteroatoms. The highest BCUT2D eigenvalue weighted by Gasteiger charge is 2.30. The topological polar surface area (TPSA) is 29.3 Å². The van der Waals surface area contributed by atoms with Crippen LogP contribution in [0.3, 0.4) is 0 Å². The largest absolute Gasteiger partial charge is 0.416 e. The summed E-state index contributed by atoms with van der Waals surface area (Å²) in [5.41, 5.74) is 6.06. The summed E-state index contributed by atoms with van der Waals surface area (Å²) < 4.78 is 37.6. The minimum atomic E-state index is -4.28. The molecule has 1 atom stereocenters. The molecular weight excluding hydrogens is 253 g/mol. The van der Waals surface area contributed by atoms with E-state index in [1.807, 2.05) is 0 Å². The van der Waals surface area contributed by atoms with E-state index in [0.717, 1.165) is 43.6 Å². The van der Waals surface area contributed by atoms with Crippen molar-refractivity contribution in [2.45, 2.75) is 31.5 Å². The molecule has 2 rings (SSSR count). The molecule has 1 heterocycles. The number of halogens is 3. The quantitative estimate of drug-likeness (QED) is 0.915. The Kier molecular flexibility index (Phi) is 4.47. The number of benzene rings is 1. The number of nitrogens with two attached hydrogens (primary N) is 1. The molecule has 19 heavy (non-hydrogen) atoms. The molecule has 0 spiro atoms. The lowest BCUT2D eigenvalue weighted by molar-refractivity contribution is -0.137. The molecule has 2 N–H and O–H groups in total. The minimum Gasteiger partial charge on any atom is -0.329 e. The van der Waals surface area contributed by atoms with Gasteiger partial charge < -0.3 is 5.73 Å². The van der Waals surface area contributed by atoms with Crippen LogP contribution < -0.4 is 5.73 Å². The Morgan fingerprint density at radius 2 is 1.63 bits per heavy atom. The molecule has 0 amide bonds. The van der Waals surface area contributed by atoms with Gasteiger partial charge in [-0.1, -0.05) is 18.6 Å². The van der Waals surface area contributed by atoms with Gasteiger partial charge in [0.05, 0.1) is 5.56 Å². The zero-order valence-corrected chi connectivity index (χ0v) is 10.8. The molecule has 1 aromatic rings. The Bertz CT molecular complexity index is 394. The lowest BCUT2D eigenvalue weighted by atomic mass is 10.0. The van der Waals surface area contributed by atoms with Crippen molar-refractivity contribution in [3.05, 3.63) is 35.4 Å². The standard InChI is InChI=1S/C14H19F3N2/c15-14(16,17)12-6-4-11(5-7-12)13(10-18)19-8-2-1-3-9-19/h4-7,13H,1-3,8-10,18H2/t13-/m1/s1. The number of hydrogen-bond acceptors (Lipinski definition) is 2. The van der Waals surface area contributed by atoms with Crippen LogP contribution in [0.25, 0.3) is 0 Å². The Balaban J connectivity index is 2.14. The predicted octanol–water partition coefficient (Wildman–Crippen LogP) is 3.19. The van der Waals surface area contributed by atoms with Crippen LogP contribution in [-0.4, -0.2) is 24.5 Å². The summed E-state index contributed by atoms with van der Waals surface area (Å²) in [4.78, 5) is 2.27. The second-order valence-electron chi connectivity index (χ2n) is 4.97. The van der Waals surface area contributed by atoms with E-state index in [9.17, 15) is 13.2 Å². The van der Waals surface area contributed by atoms with Crippen molar-refractivity contribution in [3.8, 4) is 0 Å². The lowest BCUT2D eigenvalue weighted by Crippen LogP contribution is -2.37. The van der Waals surface area contributed by atoms with Crippen molar-refractivity contribution in [1.29, 1.82) is 0 Å². The Morgan fingerprint density at radius 1 is 1.05 bits per heavy atom. The van der Waals surface area contributed by atoms with E-state index in [2.05, 4.69) is 4.90 Å². The molecule has 0 saturated carbocycles. The summed E-state index contributed by atoms with van der Waals surface area (Å²) in [5, 5.41) is 0. The number of hydrogen-bond donors (Lipinski definition) is 1. The molecule has 0 aliphatic carbocycles. The minimum absolute atomic E-state index is 0.0302. The monoisotopic (exact) mass is 272 g/mol. The molecule has 0 radical (unpaired) electrons. The van der Waals surface area contributed by atoms with Crippen LogP contribution in [-0.2, 0) is 6.18 Å². The van der Waals surface area contributed by atoms with E-state index in [4.69, 9.17) is 5.73 Å². The van der Waals surface area contributed by atoms with Crippen LogP contribution in [0.1, 0.15) is 36.4 Å². The molecule has 1 aromatic carbocycles.